The Bertz CT molecular complexity index is 647. The van der Waals surface area contributed by atoms with Gasteiger partial charge in [-0.05, 0) is 30.3 Å². The lowest BCUT2D eigenvalue weighted by molar-refractivity contribution is 0.0714. The summed E-state index contributed by atoms with van der Waals surface area (Å²) in [6.45, 7) is 2.73. The molecule has 1 saturated heterocycles. The van der Waals surface area contributed by atoms with Gasteiger partial charge in [0.1, 0.15) is 5.75 Å². The summed E-state index contributed by atoms with van der Waals surface area (Å²) in [6, 6.07) is 9.00. The van der Waals surface area contributed by atoms with Crippen molar-refractivity contribution in [2.24, 2.45) is 0 Å². The molecule has 0 aliphatic carbocycles. The molecule has 2 N–H and O–H groups in total. The summed E-state index contributed by atoms with van der Waals surface area (Å²) in [7, 11) is 1.64. The number of piperazine rings is 1. The lowest BCUT2D eigenvalue weighted by atomic mass is 10.2. The number of furan rings is 1. The van der Waals surface area contributed by atoms with E-state index in [1.54, 1.807) is 24.1 Å². The average molecular weight is 301 g/mol. The van der Waals surface area contributed by atoms with Gasteiger partial charge in [0.2, 0.25) is 0 Å². The van der Waals surface area contributed by atoms with Gasteiger partial charge in [-0.15, -0.1) is 0 Å². The van der Waals surface area contributed by atoms with Crippen LogP contribution in [0.25, 0.3) is 0 Å². The third-order valence-electron chi connectivity index (χ3n) is 3.84. The Kier molecular flexibility index (Phi) is 3.91. The summed E-state index contributed by atoms with van der Waals surface area (Å²) in [5, 5.41) is 0. The van der Waals surface area contributed by atoms with Crippen LogP contribution in [0, 0.1) is 0 Å². The number of anilines is 2. The maximum Gasteiger partial charge on any atom is 0.289 e. The molecule has 1 aliphatic rings. The van der Waals surface area contributed by atoms with Crippen molar-refractivity contribution in [3.05, 3.63) is 42.4 Å². The highest BCUT2D eigenvalue weighted by atomic mass is 16.5. The number of carbonyl (C=O) groups is 1. The van der Waals surface area contributed by atoms with Crippen LogP contribution in [-0.2, 0) is 0 Å². The molecule has 0 radical (unpaired) electrons. The molecule has 1 amide bonds. The minimum atomic E-state index is -0.0656. The van der Waals surface area contributed by atoms with E-state index in [-0.39, 0.29) is 5.91 Å². The Labute approximate surface area is 129 Å². The van der Waals surface area contributed by atoms with Gasteiger partial charge in [-0.3, -0.25) is 4.79 Å². The number of methoxy groups -OCH3 is 1. The highest BCUT2D eigenvalue weighted by Crippen LogP contribution is 2.31. The topological polar surface area (TPSA) is 71.9 Å². The SMILES string of the molecule is COc1ccc(N)cc1N1CCN(C(=O)c2ccco2)CC1. The summed E-state index contributed by atoms with van der Waals surface area (Å²) in [5.41, 5.74) is 7.53. The second kappa shape index (κ2) is 6.01. The fraction of sp³-hybridized carbons (Fsp3) is 0.312. The zero-order valence-electron chi connectivity index (χ0n) is 12.5. The van der Waals surface area contributed by atoms with E-state index in [1.165, 1.54) is 6.26 Å². The second-order valence-electron chi connectivity index (χ2n) is 5.19. The number of nitrogen functional groups attached to an aromatic ring is 1. The molecule has 3 rings (SSSR count). The van der Waals surface area contributed by atoms with Crippen molar-refractivity contribution in [2.45, 2.75) is 0 Å². The number of nitrogens with zero attached hydrogens (tertiary/aromatic N) is 2. The zero-order chi connectivity index (χ0) is 15.5. The fourth-order valence-corrected chi connectivity index (χ4v) is 2.66. The zero-order valence-corrected chi connectivity index (χ0v) is 12.5. The lowest BCUT2D eigenvalue weighted by Crippen LogP contribution is -2.48. The van der Waals surface area contributed by atoms with Crippen LogP contribution in [0.2, 0.25) is 0 Å². The Morgan fingerprint density at radius 2 is 2.00 bits per heavy atom. The van der Waals surface area contributed by atoms with Crippen LogP contribution in [0.15, 0.2) is 41.0 Å². The molecule has 0 bridgehead atoms. The van der Waals surface area contributed by atoms with Gasteiger partial charge in [0.05, 0.1) is 19.1 Å². The smallest absolute Gasteiger partial charge is 0.289 e. The summed E-state index contributed by atoms with van der Waals surface area (Å²) < 4.78 is 10.6. The molecule has 1 aromatic heterocycles. The first-order valence-electron chi connectivity index (χ1n) is 7.20. The summed E-state index contributed by atoms with van der Waals surface area (Å²) >= 11 is 0. The number of rotatable bonds is 3. The number of hydrogen-bond donors (Lipinski definition) is 1. The quantitative estimate of drug-likeness (QED) is 0.876. The predicted octanol–water partition coefficient (Wildman–Crippen LogP) is 1.83. The van der Waals surface area contributed by atoms with E-state index in [2.05, 4.69) is 4.90 Å². The summed E-state index contributed by atoms with van der Waals surface area (Å²) in [4.78, 5) is 16.2. The van der Waals surface area contributed by atoms with Crippen molar-refractivity contribution < 1.29 is 13.9 Å². The second-order valence-corrected chi connectivity index (χ2v) is 5.19. The highest BCUT2D eigenvalue weighted by Gasteiger charge is 2.25. The first-order valence-corrected chi connectivity index (χ1v) is 7.20. The Morgan fingerprint density at radius 3 is 2.64 bits per heavy atom. The largest absolute Gasteiger partial charge is 0.495 e. The van der Waals surface area contributed by atoms with Crippen molar-refractivity contribution in [2.75, 3.05) is 43.9 Å². The van der Waals surface area contributed by atoms with Gasteiger partial charge in [0.15, 0.2) is 5.76 Å². The van der Waals surface area contributed by atoms with E-state index in [9.17, 15) is 4.79 Å². The van der Waals surface area contributed by atoms with Crippen LogP contribution < -0.4 is 15.4 Å². The van der Waals surface area contributed by atoms with Crippen LogP contribution in [0.1, 0.15) is 10.6 Å². The van der Waals surface area contributed by atoms with Crippen LogP contribution in [0.5, 0.6) is 5.75 Å². The van der Waals surface area contributed by atoms with E-state index in [0.29, 0.717) is 24.5 Å². The van der Waals surface area contributed by atoms with Gasteiger partial charge >= 0.3 is 0 Å². The van der Waals surface area contributed by atoms with E-state index in [0.717, 1.165) is 24.5 Å². The van der Waals surface area contributed by atoms with Crippen LogP contribution in [0.3, 0.4) is 0 Å². The van der Waals surface area contributed by atoms with Crippen molar-refractivity contribution in [3.8, 4) is 5.75 Å². The Balaban J connectivity index is 1.69. The van der Waals surface area contributed by atoms with Crippen molar-refractivity contribution in [1.82, 2.24) is 4.90 Å². The van der Waals surface area contributed by atoms with Crippen molar-refractivity contribution in [3.63, 3.8) is 0 Å². The number of nitrogens with two attached hydrogens (primary N) is 1. The third-order valence-corrected chi connectivity index (χ3v) is 3.84. The summed E-state index contributed by atoms with van der Waals surface area (Å²) in [6.07, 6.45) is 1.51. The normalized spacial score (nSPS) is 15.0. The maximum absolute atomic E-state index is 12.3. The predicted molar refractivity (Wildman–Crippen MR) is 84.2 cm³/mol. The molecule has 2 aromatic rings. The lowest BCUT2D eigenvalue weighted by Gasteiger charge is -2.36. The van der Waals surface area contributed by atoms with E-state index >= 15 is 0 Å². The summed E-state index contributed by atoms with van der Waals surface area (Å²) in [5.74, 6) is 1.11. The number of ether oxygens (including phenoxy) is 1. The van der Waals surface area contributed by atoms with Crippen molar-refractivity contribution in [1.29, 1.82) is 0 Å². The minimum absolute atomic E-state index is 0.0656. The van der Waals surface area contributed by atoms with Crippen LogP contribution in [-0.4, -0.2) is 44.1 Å². The van der Waals surface area contributed by atoms with E-state index in [4.69, 9.17) is 14.9 Å². The number of hydrogen-bond acceptors (Lipinski definition) is 5. The van der Waals surface area contributed by atoms with Crippen LogP contribution in [0.4, 0.5) is 11.4 Å². The van der Waals surface area contributed by atoms with E-state index in [1.807, 2.05) is 18.2 Å². The standard InChI is InChI=1S/C16H19N3O3/c1-21-14-5-4-12(17)11-13(14)18-6-8-19(9-7-18)16(20)15-3-2-10-22-15/h2-5,10-11H,6-9,17H2,1H3. The molecule has 2 heterocycles. The van der Waals surface area contributed by atoms with Crippen LogP contribution >= 0.6 is 0 Å². The monoisotopic (exact) mass is 301 g/mol. The van der Waals surface area contributed by atoms with Gasteiger partial charge < -0.3 is 24.7 Å². The highest BCUT2D eigenvalue weighted by molar-refractivity contribution is 5.91. The molecule has 0 saturated carbocycles. The molecule has 6 nitrogen and oxygen atoms in total. The van der Waals surface area contributed by atoms with Crippen molar-refractivity contribution >= 4 is 17.3 Å². The molecule has 0 unspecified atom stereocenters. The number of amides is 1. The van der Waals surface area contributed by atoms with Gasteiger partial charge in [-0.25, -0.2) is 0 Å². The molecule has 1 aliphatic heterocycles. The molecular weight excluding hydrogens is 282 g/mol. The molecule has 6 heteroatoms. The first-order chi connectivity index (χ1) is 10.7. The Hall–Kier alpha value is -2.63. The first kappa shape index (κ1) is 14.3. The molecule has 116 valence electrons. The number of benzene rings is 1. The van der Waals surface area contributed by atoms with Gasteiger partial charge in [-0.2, -0.15) is 0 Å². The molecule has 1 fully saturated rings. The maximum atomic E-state index is 12.3. The van der Waals surface area contributed by atoms with E-state index < -0.39 is 0 Å². The minimum Gasteiger partial charge on any atom is -0.495 e. The number of carbonyl (C=O) groups excluding carboxylic acids is 1. The Morgan fingerprint density at radius 1 is 1.23 bits per heavy atom. The van der Waals surface area contributed by atoms with Gasteiger partial charge in [0.25, 0.3) is 5.91 Å². The third kappa shape index (κ3) is 2.72. The fourth-order valence-electron chi connectivity index (χ4n) is 2.66. The molecule has 1 aromatic carbocycles. The van der Waals surface area contributed by atoms with Gasteiger partial charge in [0, 0.05) is 31.9 Å². The molecule has 0 atom stereocenters. The molecular formula is C16H19N3O3. The van der Waals surface area contributed by atoms with Gasteiger partial charge in [-0.1, -0.05) is 0 Å². The average Bonchev–Trinajstić information content (AvgIpc) is 3.09. The molecule has 0 spiro atoms. The molecule has 22 heavy (non-hydrogen) atoms.